The number of hydrogen-bond donors (Lipinski definition) is 2. The van der Waals surface area contributed by atoms with E-state index >= 15 is 0 Å². The Morgan fingerprint density at radius 1 is 1.22 bits per heavy atom. The van der Waals surface area contributed by atoms with Gasteiger partial charge in [-0.3, -0.25) is 4.57 Å². The molecule has 0 heterocycles. The van der Waals surface area contributed by atoms with Crippen LogP contribution in [0.25, 0.3) is 0 Å². The predicted octanol–water partition coefficient (Wildman–Crippen LogP) is -6.59. The summed E-state index contributed by atoms with van der Waals surface area (Å²) in [4.78, 5) is 22.9. The molecule has 0 aromatic rings. The number of halogens is 1. The minimum atomic E-state index is -4.89. The van der Waals surface area contributed by atoms with Crippen LogP contribution in [0.15, 0.2) is 0 Å². The third-order valence-corrected chi connectivity index (χ3v) is 0. The number of hydrogen-bond acceptors (Lipinski definition) is 2. The van der Waals surface area contributed by atoms with Crippen molar-refractivity contribution in [1.82, 2.24) is 0 Å². The summed E-state index contributed by atoms with van der Waals surface area (Å²) >= 11 is 0. The van der Waals surface area contributed by atoms with Gasteiger partial charge in [-0.15, -0.1) is 0 Å². The standard InChI is InChI=1S/Ca.ClH.H3O4P.2H2O/c;;1-5(2,3)4;;/h;1H;(H3,1,2,3,4);2*1H2/q+2;;;;/p-2. The van der Waals surface area contributed by atoms with E-state index < -0.39 is 7.82 Å². The fourth-order valence-corrected chi connectivity index (χ4v) is 0. The van der Waals surface area contributed by atoms with Gasteiger partial charge >= 0.3 is 37.7 Å². The van der Waals surface area contributed by atoms with Crippen LogP contribution in [0.4, 0.5) is 0 Å². The first-order valence-corrected chi connectivity index (χ1v) is 2.30. The van der Waals surface area contributed by atoms with Gasteiger partial charge < -0.3 is 38.0 Å². The molecule has 0 saturated heterocycles. The van der Waals surface area contributed by atoms with E-state index in [-0.39, 0.29) is 61.1 Å². The van der Waals surface area contributed by atoms with Crippen LogP contribution in [0.3, 0.4) is 0 Å². The van der Waals surface area contributed by atoms with Gasteiger partial charge in [-0.2, -0.15) is 0 Å². The molecule has 9 heavy (non-hydrogen) atoms. The van der Waals surface area contributed by atoms with Crippen LogP contribution >= 0.6 is 7.82 Å². The van der Waals surface area contributed by atoms with Crippen LogP contribution in [-0.4, -0.2) is 58.5 Å². The molecule has 0 atom stereocenters. The van der Waals surface area contributed by atoms with Crippen LogP contribution in [0.2, 0.25) is 0 Å². The quantitative estimate of drug-likeness (QED) is 0.301. The van der Waals surface area contributed by atoms with E-state index in [4.69, 9.17) is 19.2 Å². The SMILES string of the molecule is O.O.O=P([O-])(O)O.[Ca+2].[Cl-]. The van der Waals surface area contributed by atoms with E-state index in [1.54, 1.807) is 0 Å². The summed E-state index contributed by atoms with van der Waals surface area (Å²) in [6.45, 7) is 0. The second kappa shape index (κ2) is 12.3. The maximum Gasteiger partial charge on any atom is 2.00 e. The molecular formula is H6CaClO6P. The second-order valence-corrected chi connectivity index (χ2v) is 1.47. The van der Waals surface area contributed by atoms with Crippen molar-refractivity contribution in [3.63, 3.8) is 0 Å². The van der Waals surface area contributed by atoms with E-state index in [2.05, 4.69) is 0 Å². The average Bonchev–Trinajstić information content (AvgIpc) is 0.722. The van der Waals surface area contributed by atoms with Gasteiger partial charge in [0.2, 0.25) is 0 Å². The Morgan fingerprint density at radius 2 is 1.22 bits per heavy atom. The third-order valence-electron chi connectivity index (χ3n) is 0. The summed E-state index contributed by atoms with van der Waals surface area (Å²) < 4.78 is 8.77. The molecular weight excluding hydrogens is 202 g/mol. The Morgan fingerprint density at radius 3 is 1.22 bits per heavy atom. The molecule has 0 bridgehead atoms. The molecule has 0 aromatic heterocycles. The molecule has 6 N–H and O–H groups in total. The summed E-state index contributed by atoms with van der Waals surface area (Å²) in [5, 5.41) is 0. The van der Waals surface area contributed by atoms with Crippen molar-refractivity contribution < 1.29 is 42.6 Å². The molecule has 0 amide bonds. The minimum absolute atomic E-state index is 0. The van der Waals surface area contributed by atoms with Gasteiger partial charge in [0.15, 0.2) is 0 Å². The van der Waals surface area contributed by atoms with Crippen molar-refractivity contribution in [3.8, 4) is 0 Å². The van der Waals surface area contributed by atoms with Crippen molar-refractivity contribution in [2.75, 3.05) is 0 Å². The predicted molar refractivity (Wildman–Crippen MR) is 25.0 cm³/mol. The van der Waals surface area contributed by atoms with Gasteiger partial charge in [-0.25, -0.2) is 0 Å². The van der Waals surface area contributed by atoms with E-state index in [9.17, 15) is 0 Å². The summed E-state index contributed by atoms with van der Waals surface area (Å²) in [6, 6.07) is 0. The third kappa shape index (κ3) is 221. The molecule has 0 aliphatic carbocycles. The molecule has 0 aliphatic heterocycles. The van der Waals surface area contributed by atoms with Gasteiger partial charge in [0.05, 0.1) is 0 Å². The van der Waals surface area contributed by atoms with Crippen molar-refractivity contribution in [2.45, 2.75) is 0 Å². The van der Waals surface area contributed by atoms with Gasteiger partial charge in [0.1, 0.15) is 0 Å². The smallest absolute Gasteiger partial charge is 1.00 e. The number of rotatable bonds is 0. The van der Waals surface area contributed by atoms with Crippen LogP contribution in [0, 0.1) is 0 Å². The summed E-state index contributed by atoms with van der Waals surface area (Å²) in [5.74, 6) is 0. The van der Waals surface area contributed by atoms with Crippen molar-refractivity contribution in [2.24, 2.45) is 0 Å². The minimum Gasteiger partial charge on any atom is -1.00 e. The van der Waals surface area contributed by atoms with Crippen LogP contribution < -0.4 is 17.3 Å². The van der Waals surface area contributed by atoms with Crippen molar-refractivity contribution in [3.05, 3.63) is 0 Å². The van der Waals surface area contributed by atoms with Crippen LogP contribution in [0.1, 0.15) is 0 Å². The molecule has 0 fully saturated rings. The summed E-state index contributed by atoms with van der Waals surface area (Å²) in [7, 11) is -4.89. The molecule has 0 spiro atoms. The maximum absolute atomic E-state index is 8.77. The monoisotopic (exact) mass is 208 g/mol. The van der Waals surface area contributed by atoms with E-state index in [1.165, 1.54) is 0 Å². The Labute approximate surface area is 87.5 Å². The van der Waals surface area contributed by atoms with Crippen molar-refractivity contribution >= 4 is 45.6 Å². The van der Waals surface area contributed by atoms with Crippen molar-refractivity contribution in [1.29, 1.82) is 0 Å². The van der Waals surface area contributed by atoms with Crippen LogP contribution in [0.5, 0.6) is 0 Å². The maximum atomic E-state index is 8.77. The molecule has 0 radical (unpaired) electrons. The largest absolute Gasteiger partial charge is 2.00 e. The average molecular weight is 209 g/mol. The van der Waals surface area contributed by atoms with E-state index in [1.807, 2.05) is 0 Å². The molecule has 56 valence electrons. The molecule has 9 heteroatoms. The topological polar surface area (TPSA) is 144 Å². The molecule has 6 nitrogen and oxygen atoms in total. The fraction of sp³-hybridized carbons (Fsp3) is 0. The normalized spacial score (nSPS) is 6.56. The molecule has 0 saturated carbocycles. The Hall–Kier alpha value is 1.58. The fourth-order valence-electron chi connectivity index (χ4n) is 0. The van der Waals surface area contributed by atoms with Gasteiger partial charge in [0, 0.05) is 0 Å². The van der Waals surface area contributed by atoms with Crippen LogP contribution in [-0.2, 0) is 4.57 Å². The second-order valence-electron chi connectivity index (χ2n) is 0.491. The Balaban J connectivity index is -0.0000000133. The van der Waals surface area contributed by atoms with Gasteiger partial charge in [0.25, 0.3) is 7.82 Å². The van der Waals surface area contributed by atoms with E-state index in [0.717, 1.165) is 0 Å². The number of phosphoric acid groups is 1. The van der Waals surface area contributed by atoms with E-state index in [0.29, 0.717) is 0 Å². The van der Waals surface area contributed by atoms with Gasteiger partial charge in [-0.05, 0) is 0 Å². The molecule has 0 unspecified atom stereocenters. The molecule has 0 rings (SSSR count). The molecule has 0 aromatic carbocycles. The zero-order valence-corrected chi connectivity index (χ0v) is 8.10. The Bertz CT molecular complexity index is 59.2. The first-order chi connectivity index (χ1) is 2.00. The summed E-state index contributed by atoms with van der Waals surface area (Å²) in [6.07, 6.45) is 0. The first kappa shape index (κ1) is 31.2. The zero-order valence-electron chi connectivity index (χ0n) is 4.24. The zero-order chi connectivity index (χ0) is 4.50. The summed E-state index contributed by atoms with van der Waals surface area (Å²) in [5.41, 5.74) is 0. The first-order valence-electron chi connectivity index (χ1n) is 0.765. The van der Waals surface area contributed by atoms with Gasteiger partial charge in [-0.1, -0.05) is 0 Å². The Kier molecular flexibility index (Phi) is 42.5. The molecule has 0 aliphatic rings.